The number of alkyl halides is 3. The monoisotopic (exact) mass is 475 g/mol. The largest absolute Gasteiger partial charge is 0.573 e. The second-order valence-electron chi connectivity index (χ2n) is 9.76. The highest BCUT2D eigenvalue weighted by molar-refractivity contribution is 5.94. The highest BCUT2D eigenvalue weighted by atomic mass is 19.4. The van der Waals surface area contributed by atoms with Crippen molar-refractivity contribution in [3.05, 3.63) is 48.0 Å². The van der Waals surface area contributed by atoms with Crippen LogP contribution in [0.25, 0.3) is 11.0 Å². The Labute approximate surface area is 196 Å². The number of benzene rings is 2. The van der Waals surface area contributed by atoms with Crippen LogP contribution in [-0.2, 0) is 4.74 Å². The number of rotatable bonds is 5. The van der Waals surface area contributed by atoms with Gasteiger partial charge in [0.2, 0.25) is 5.95 Å². The molecule has 1 N–H and O–H groups in total. The summed E-state index contributed by atoms with van der Waals surface area (Å²) in [5, 5.41) is 3.25. The van der Waals surface area contributed by atoms with Gasteiger partial charge in [0.15, 0.2) is 0 Å². The van der Waals surface area contributed by atoms with Gasteiger partial charge in [0.1, 0.15) is 5.75 Å². The zero-order chi connectivity index (χ0) is 24.7. The second kappa shape index (κ2) is 8.85. The number of esters is 1. The summed E-state index contributed by atoms with van der Waals surface area (Å²) in [4.78, 5) is 16.8. The Bertz CT molecular complexity index is 1190. The number of nitrogens with zero attached hydrogens (tertiary/aromatic N) is 2. The molecule has 2 aromatic carbocycles. The van der Waals surface area contributed by atoms with E-state index in [1.807, 2.05) is 6.07 Å². The smallest absolute Gasteiger partial charge is 0.465 e. The first-order chi connectivity index (χ1) is 15.9. The van der Waals surface area contributed by atoms with Gasteiger partial charge in [0.25, 0.3) is 0 Å². The van der Waals surface area contributed by atoms with E-state index in [0.717, 1.165) is 24.8 Å². The Balaban J connectivity index is 1.73. The van der Waals surface area contributed by atoms with Crippen LogP contribution in [0.4, 0.5) is 24.8 Å². The molecule has 3 aromatic rings. The third-order valence-corrected chi connectivity index (χ3v) is 6.18. The molecule has 0 spiro atoms. The minimum Gasteiger partial charge on any atom is -0.465 e. The summed E-state index contributed by atoms with van der Waals surface area (Å²) in [5.41, 5.74) is 2.64. The van der Waals surface area contributed by atoms with Gasteiger partial charge >= 0.3 is 12.3 Å². The van der Waals surface area contributed by atoms with E-state index < -0.39 is 12.3 Å². The van der Waals surface area contributed by atoms with E-state index in [1.165, 1.54) is 31.4 Å². The summed E-state index contributed by atoms with van der Waals surface area (Å²) < 4.78 is 48.4. The number of halogens is 3. The molecular formula is C25H28F3N3O3. The fraction of sp³-hybridized carbons (Fsp3) is 0.440. The molecule has 0 bridgehead atoms. The van der Waals surface area contributed by atoms with Crippen molar-refractivity contribution in [3.8, 4) is 5.75 Å². The third-order valence-electron chi connectivity index (χ3n) is 6.18. The van der Waals surface area contributed by atoms with Crippen molar-refractivity contribution in [2.45, 2.75) is 52.4 Å². The minimum atomic E-state index is -4.75. The number of ether oxygens (including phenoxy) is 2. The highest BCUT2D eigenvalue weighted by Crippen LogP contribution is 2.46. The molecule has 2 atom stereocenters. The fourth-order valence-corrected chi connectivity index (χ4v) is 5.16. The Hall–Kier alpha value is -3.23. The van der Waals surface area contributed by atoms with Crippen LogP contribution >= 0.6 is 0 Å². The normalized spacial score (nSPS) is 20.2. The van der Waals surface area contributed by atoms with E-state index in [9.17, 15) is 18.0 Å². The molecule has 0 aliphatic heterocycles. The average Bonchev–Trinajstić information content (AvgIpc) is 3.09. The Morgan fingerprint density at radius 1 is 1.15 bits per heavy atom. The van der Waals surface area contributed by atoms with Crippen molar-refractivity contribution in [2.24, 2.45) is 11.3 Å². The predicted octanol–water partition coefficient (Wildman–Crippen LogP) is 6.85. The van der Waals surface area contributed by atoms with Gasteiger partial charge in [-0.05, 0) is 73.1 Å². The van der Waals surface area contributed by atoms with E-state index in [0.29, 0.717) is 28.6 Å². The number of carbonyl (C=O) groups is 1. The number of aromatic nitrogens is 2. The second-order valence-corrected chi connectivity index (χ2v) is 9.76. The van der Waals surface area contributed by atoms with Crippen molar-refractivity contribution >= 4 is 28.6 Å². The Kier molecular flexibility index (Phi) is 6.22. The number of anilines is 2. The Morgan fingerprint density at radius 3 is 2.47 bits per heavy atom. The molecule has 1 fully saturated rings. The van der Waals surface area contributed by atoms with Crippen molar-refractivity contribution in [1.82, 2.24) is 9.55 Å². The fourth-order valence-electron chi connectivity index (χ4n) is 5.16. The molecule has 0 amide bonds. The maximum Gasteiger partial charge on any atom is 0.573 e. The van der Waals surface area contributed by atoms with Crippen LogP contribution in [0.1, 0.15) is 56.4 Å². The standard InChI is InChI=1S/C25H28F3N3O3/c1-15-11-18(14-24(2,3)13-15)31-21-10-5-16(22(32)33-4)12-20(21)30-23(31)29-17-6-8-19(9-7-17)34-25(26,27)28/h5-10,12,15,18H,11,13-14H2,1-4H3,(H,29,30)/t15-,18-/m1/s1. The Morgan fingerprint density at radius 2 is 1.85 bits per heavy atom. The van der Waals surface area contributed by atoms with Crippen LogP contribution in [0.5, 0.6) is 5.75 Å². The quantitative estimate of drug-likeness (QED) is 0.409. The summed E-state index contributed by atoms with van der Waals surface area (Å²) in [6, 6.07) is 11.0. The number of methoxy groups -OCH3 is 1. The summed E-state index contributed by atoms with van der Waals surface area (Å²) >= 11 is 0. The molecule has 1 heterocycles. The molecule has 1 aromatic heterocycles. The van der Waals surface area contributed by atoms with Gasteiger partial charge in [-0.3, -0.25) is 0 Å². The number of imidazole rings is 1. The molecule has 1 saturated carbocycles. The third kappa shape index (κ3) is 5.29. The first-order valence-electron chi connectivity index (χ1n) is 11.2. The first-order valence-corrected chi connectivity index (χ1v) is 11.2. The van der Waals surface area contributed by atoms with Crippen molar-refractivity contribution in [1.29, 1.82) is 0 Å². The van der Waals surface area contributed by atoms with E-state index in [4.69, 9.17) is 9.72 Å². The molecular weight excluding hydrogens is 447 g/mol. The lowest BCUT2D eigenvalue weighted by Crippen LogP contribution is -2.29. The molecule has 0 radical (unpaired) electrons. The van der Waals surface area contributed by atoms with E-state index >= 15 is 0 Å². The summed E-state index contributed by atoms with van der Waals surface area (Å²) in [5.74, 6) is 0.347. The molecule has 0 unspecified atom stereocenters. The molecule has 9 heteroatoms. The average molecular weight is 476 g/mol. The maximum atomic E-state index is 12.5. The molecule has 34 heavy (non-hydrogen) atoms. The molecule has 182 valence electrons. The summed E-state index contributed by atoms with van der Waals surface area (Å²) in [7, 11) is 1.33. The van der Waals surface area contributed by atoms with E-state index in [-0.39, 0.29) is 17.2 Å². The van der Waals surface area contributed by atoms with Gasteiger partial charge in [0.05, 0.1) is 23.7 Å². The van der Waals surface area contributed by atoms with Gasteiger partial charge in [-0.15, -0.1) is 13.2 Å². The van der Waals surface area contributed by atoms with Crippen LogP contribution in [0.2, 0.25) is 0 Å². The van der Waals surface area contributed by atoms with Gasteiger partial charge < -0.3 is 19.4 Å². The predicted molar refractivity (Wildman–Crippen MR) is 123 cm³/mol. The lowest BCUT2D eigenvalue weighted by Gasteiger charge is -2.40. The van der Waals surface area contributed by atoms with Crippen molar-refractivity contribution in [2.75, 3.05) is 12.4 Å². The van der Waals surface area contributed by atoms with Crippen molar-refractivity contribution < 1.29 is 27.4 Å². The topological polar surface area (TPSA) is 65.4 Å². The summed E-state index contributed by atoms with van der Waals surface area (Å²) in [6.45, 7) is 6.77. The van der Waals surface area contributed by atoms with Gasteiger partial charge in [0, 0.05) is 11.7 Å². The van der Waals surface area contributed by atoms with E-state index in [2.05, 4.69) is 35.4 Å². The molecule has 4 rings (SSSR count). The SMILES string of the molecule is COC(=O)c1ccc2c(c1)nc(Nc1ccc(OC(F)(F)F)cc1)n2[C@@H]1C[C@@H](C)CC(C)(C)C1. The van der Waals surface area contributed by atoms with Crippen LogP contribution < -0.4 is 10.1 Å². The number of hydrogen-bond acceptors (Lipinski definition) is 5. The highest BCUT2D eigenvalue weighted by Gasteiger charge is 2.35. The van der Waals surface area contributed by atoms with Crippen molar-refractivity contribution in [3.63, 3.8) is 0 Å². The molecule has 1 aliphatic carbocycles. The number of carbonyl (C=O) groups excluding carboxylic acids is 1. The molecule has 6 nitrogen and oxygen atoms in total. The number of nitrogens with one attached hydrogen (secondary N) is 1. The summed E-state index contributed by atoms with van der Waals surface area (Å²) in [6.07, 6.45) is -1.69. The lowest BCUT2D eigenvalue weighted by molar-refractivity contribution is -0.274. The molecule has 0 saturated heterocycles. The number of hydrogen-bond donors (Lipinski definition) is 1. The van der Waals surface area contributed by atoms with Crippen LogP contribution in [-0.4, -0.2) is 29.0 Å². The van der Waals surface area contributed by atoms with Gasteiger partial charge in [-0.25, -0.2) is 9.78 Å². The zero-order valence-electron chi connectivity index (χ0n) is 19.6. The van der Waals surface area contributed by atoms with Crippen LogP contribution in [0, 0.1) is 11.3 Å². The number of fused-ring (bicyclic) bond motifs is 1. The van der Waals surface area contributed by atoms with Crippen LogP contribution in [0.15, 0.2) is 42.5 Å². The minimum absolute atomic E-state index is 0.152. The first kappa shape index (κ1) is 23.9. The lowest BCUT2D eigenvalue weighted by atomic mass is 9.70. The molecule has 1 aliphatic rings. The van der Waals surface area contributed by atoms with Crippen LogP contribution in [0.3, 0.4) is 0 Å². The van der Waals surface area contributed by atoms with E-state index in [1.54, 1.807) is 12.1 Å². The van der Waals surface area contributed by atoms with Gasteiger partial charge in [-0.1, -0.05) is 20.8 Å². The zero-order valence-corrected chi connectivity index (χ0v) is 19.6. The maximum absolute atomic E-state index is 12.5. The van der Waals surface area contributed by atoms with Gasteiger partial charge in [-0.2, -0.15) is 0 Å².